The van der Waals surface area contributed by atoms with Crippen LogP contribution in [-0.2, 0) is 4.84 Å². The molecule has 0 saturated heterocycles. The van der Waals surface area contributed by atoms with E-state index in [1.54, 1.807) is 50.5 Å². The predicted octanol–water partition coefficient (Wildman–Crippen LogP) is 2.57. The molecule has 1 amide bonds. The van der Waals surface area contributed by atoms with Crippen molar-refractivity contribution in [3.63, 3.8) is 0 Å². The van der Waals surface area contributed by atoms with Gasteiger partial charge in [0.2, 0.25) is 0 Å². The van der Waals surface area contributed by atoms with E-state index in [-0.39, 0.29) is 5.91 Å². The zero-order chi connectivity index (χ0) is 20.1. The standard InChI is InChI=1S/C18H18ClN7O2/c1-11(25-28-3)13-7-14(9-15(19)8-13)17(27)24-12(2)16-22-10-23-26(16)18-20-5-4-6-21-18/h4-10,12H,1-3H3,(H,24,27)/t12-/m0/s1. The van der Waals surface area contributed by atoms with Crippen LogP contribution >= 0.6 is 11.6 Å². The second-order valence-electron chi connectivity index (χ2n) is 5.86. The van der Waals surface area contributed by atoms with E-state index in [0.717, 1.165) is 0 Å². The zero-order valence-corrected chi connectivity index (χ0v) is 16.3. The van der Waals surface area contributed by atoms with Gasteiger partial charge in [-0.15, -0.1) is 0 Å². The van der Waals surface area contributed by atoms with E-state index < -0.39 is 6.04 Å². The summed E-state index contributed by atoms with van der Waals surface area (Å²) < 4.78 is 1.48. The maximum Gasteiger partial charge on any atom is 0.252 e. The van der Waals surface area contributed by atoms with Crippen LogP contribution in [0.2, 0.25) is 5.02 Å². The van der Waals surface area contributed by atoms with E-state index in [1.807, 2.05) is 0 Å². The second kappa shape index (κ2) is 8.57. The summed E-state index contributed by atoms with van der Waals surface area (Å²) in [6.07, 6.45) is 4.60. The molecule has 1 N–H and O–H groups in total. The molecule has 0 spiro atoms. The Morgan fingerprint density at radius 3 is 2.64 bits per heavy atom. The number of amides is 1. The van der Waals surface area contributed by atoms with Gasteiger partial charge in [-0.25, -0.2) is 15.0 Å². The Bertz CT molecular complexity index is 1000. The number of nitrogens with one attached hydrogen (secondary N) is 1. The molecule has 0 aliphatic carbocycles. The largest absolute Gasteiger partial charge is 0.399 e. The summed E-state index contributed by atoms with van der Waals surface area (Å²) in [5.74, 6) is 0.552. The fourth-order valence-corrected chi connectivity index (χ4v) is 2.80. The van der Waals surface area contributed by atoms with Crippen molar-refractivity contribution in [3.8, 4) is 5.95 Å². The van der Waals surface area contributed by atoms with E-state index in [2.05, 4.69) is 30.5 Å². The minimum absolute atomic E-state index is 0.315. The molecule has 1 atom stereocenters. The number of aromatic nitrogens is 5. The van der Waals surface area contributed by atoms with Gasteiger partial charge in [-0.2, -0.15) is 9.78 Å². The lowest BCUT2D eigenvalue weighted by Crippen LogP contribution is -2.29. The maximum absolute atomic E-state index is 12.8. The molecule has 0 aliphatic rings. The van der Waals surface area contributed by atoms with E-state index in [1.165, 1.54) is 18.1 Å². The molecule has 1 aromatic carbocycles. The van der Waals surface area contributed by atoms with Gasteiger partial charge in [-0.1, -0.05) is 16.8 Å². The Morgan fingerprint density at radius 1 is 1.21 bits per heavy atom. The highest BCUT2D eigenvalue weighted by Crippen LogP contribution is 2.18. The summed E-state index contributed by atoms with van der Waals surface area (Å²) in [6.45, 7) is 3.56. The normalized spacial score (nSPS) is 12.5. The van der Waals surface area contributed by atoms with Crippen molar-refractivity contribution in [1.29, 1.82) is 0 Å². The highest BCUT2D eigenvalue weighted by molar-refractivity contribution is 6.31. The topological polar surface area (TPSA) is 107 Å². The third kappa shape index (κ3) is 4.32. The third-order valence-electron chi connectivity index (χ3n) is 3.86. The summed E-state index contributed by atoms with van der Waals surface area (Å²) >= 11 is 6.16. The second-order valence-corrected chi connectivity index (χ2v) is 6.30. The van der Waals surface area contributed by atoms with Gasteiger partial charge in [-0.05, 0) is 38.1 Å². The lowest BCUT2D eigenvalue weighted by atomic mass is 10.1. The number of benzene rings is 1. The molecule has 2 aromatic heterocycles. The Hall–Kier alpha value is -3.33. The fraction of sp³-hybridized carbons (Fsp3) is 0.222. The molecule has 0 saturated carbocycles. The summed E-state index contributed by atoms with van der Waals surface area (Å²) in [5, 5.41) is 11.3. The SMILES string of the molecule is CON=C(C)c1cc(Cl)cc(C(=O)N[C@@H](C)c2ncnn2-c2ncccn2)c1. The van der Waals surface area contributed by atoms with Gasteiger partial charge in [0, 0.05) is 28.5 Å². The van der Waals surface area contributed by atoms with Crippen LogP contribution in [0.5, 0.6) is 0 Å². The number of nitrogens with zero attached hydrogens (tertiary/aromatic N) is 6. The van der Waals surface area contributed by atoms with Gasteiger partial charge in [0.15, 0.2) is 5.82 Å². The summed E-state index contributed by atoms with van der Waals surface area (Å²) in [5.41, 5.74) is 1.68. The van der Waals surface area contributed by atoms with Gasteiger partial charge < -0.3 is 10.2 Å². The Kier molecular flexibility index (Phi) is 5.95. The van der Waals surface area contributed by atoms with E-state index >= 15 is 0 Å². The van der Waals surface area contributed by atoms with Gasteiger partial charge in [-0.3, -0.25) is 4.79 Å². The van der Waals surface area contributed by atoms with Crippen molar-refractivity contribution >= 4 is 23.2 Å². The van der Waals surface area contributed by atoms with Crippen LogP contribution in [0.15, 0.2) is 48.1 Å². The first kappa shape index (κ1) is 19.4. The molecule has 144 valence electrons. The molecule has 10 heteroatoms. The molecule has 0 fully saturated rings. The van der Waals surface area contributed by atoms with Gasteiger partial charge in [0.25, 0.3) is 11.9 Å². The molecular formula is C18H18ClN7O2. The number of carbonyl (C=O) groups is 1. The lowest BCUT2D eigenvalue weighted by Gasteiger charge is -2.14. The summed E-state index contributed by atoms with van der Waals surface area (Å²) in [6, 6.07) is 6.24. The van der Waals surface area contributed by atoms with Crippen LogP contribution in [-0.4, -0.2) is 43.5 Å². The fourth-order valence-electron chi connectivity index (χ4n) is 2.56. The van der Waals surface area contributed by atoms with Crippen LogP contribution in [0.1, 0.15) is 41.6 Å². The van der Waals surface area contributed by atoms with E-state index in [0.29, 0.717) is 33.6 Å². The van der Waals surface area contributed by atoms with Gasteiger partial charge >= 0.3 is 0 Å². The summed E-state index contributed by atoms with van der Waals surface area (Å²) in [4.78, 5) is 30.1. The van der Waals surface area contributed by atoms with Gasteiger partial charge in [0.05, 0.1) is 11.8 Å². The first-order chi connectivity index (χ1) is 13.5. The van der Waals surface area contributed by atoms with Gasteiger partial charge in [0.1, 0.15) is 13.4 Å². The molecular weight excluding hydrogens is 382 g/mol. The summed E-state index contributed by atoms with van der Waals surface area (Å²) in [7, 11) is 1.45. The molecule has 3 aromatic rings. The Balaban J connectivity index is 1.83. The first-order valence-corrected chi connectivity index (χ1v) is 8.74. The quantitative estimate of drug-likeness (QED) is 0.504. The molecule has 0 radical (unpaired) electrons. The zero-order valence-electron chi connectivity index (χ0n) is 15.5. The smallest absolute Gasteiger partial charge is 0.252 e. The molecule has 0 aliphatic heterocycles. The lowest BCUT2D eigenvalue weighted by molar-refractivity contribution is 0.0938. The van der Waals surface area contributed by atoms with Crippen molar-refractivity contribution in [3.05, 3.63) is 65.0 Å². The number of hydrogen-bond donors (Lipinski definition) is 1. The van der Waals surface area contributed by atoms with E-state index in [9.17, 15) is 4.79 Å². The number of rotatable bonds is 6. The Labute approximate surface area is 166 Å². The number of halogens is 1. The first-order valence-electron chi connectivity index (χ1n) is 8.36. The average Bonchev–Trinajstić information content (AvgIpc) is 3.18. The third-order valence-corrected chi connectivity index (χ3v) is 4.07. The monoisotopic (exact) mass is 399 g/mol. The Morgan fingerprint density at radius 2 is 1.93 bits per heavy atom. The van der Waals surface area contributed by atoms with Crippen molar-refractivity contribution < 1.29 is 9.63 Å². The molecule has 3 rings (SSSR count). The average molecular weight is 400 g/mol. The van der Waals surface area contributed by atoms with Crippen molar-refractivity contribution in [2.75, 3.05) is 7.11 Å². The minimum atomic E-state index is -0.449. The van der Waals surface area contributed by atoms with Crippen LogP contribution in [0.3, 0.4) is 0 Å². The molecule has 0 bridgehead atoms. The molecule has 2 heterocycles. The van der Waals surface area contributed by atoms with Crippen LogP contribution in [0.4, 0.5) is 0 Å². The maximum atomic E-state index is 12.8. The molecule has 9 nitrogen and oxygen atoms in total. The molecule has 28 heavy (non-hydrogen) atoms. The molecule has 0 unspecified atom stereocenters. The van der Waals surface area contributed by atoms with Crippen molar-refractivity contribution in [2.45, 2.75) is 19.9 Å². The van der Waals surface area contributed by atoms with Crippen LogP contribution in [0, 0.1) is 0 Å². The van der Waals surface area contributed by atoms with Crippen LogP contribution < -0.4 is 5.32 Å². The van der Waals surface area contributed by atoms with Crippen LogP contribution in [0.25, 0.3) is 5.95 Å². The highest BCUT2D eigenvalue weighted by Gasteiger charge is 2.19. The number of oxime groups is 1. The number of carbonyl (C=O) groups excluding carboxylic acids is 1. The predicted molar refractivity (Wildman–Crippen MR) is 104 cm³/mol. The van der Waals surface area contributed by atoms with Crippen molar-refractivity contribution in [2.24, 2.45) is 5.16 Å². The number of hydrogen-bond acceptors (Lipinski definition) is 7. The van der Waals surface area contributed by atoms with E-state index in [4.69, 9.17) is 16.4 Å². The minimum Gasteiger partial charge on any atom is -0.399 e. The van der Waals surface area contributed by atoms with Crippen molar-refractivity contribution in [1.82, 2.24) is 30.0 Å². The highest BCUT2D eigenvalue weighted by atomic mass is 35.5.